The Morgan fingerprint density at radius 1 is 0.433 bits per heavy atom. The van der Waals surface area contributed by atoms with E-state index in [1.165, 1.54) is 0 Å². The summed E-state index contributed by atoms with van der Waals surface area (Å²) in [5.41, 5.74) is 3.78. The van der Waals surface area contributed by atoms with Gasteiger partial charge in [0, 0.05) is 0 Å². The quantitative estimate of drug-likeness (QED) is 0.557. The molecule has 6 heteroatoms. The number of aryl methyl sites for hydroxylation is 2. The molecule has 0 saturated heterocycles. The highest BCUT2D eigenvalue weighted by Gasteiger charge is 2.31. The zero-order valence-corrected chi connectivity index (χ0v) is 19.7. The summed E-state index contributed by atoms with van der Waals surface area (Å²) < 4.78 is 53.6. The van der Waals surface area contributed by atoms with Crippen LogP contribution in [0.2, 0.25) is 0 Å². The second-order valence-corrected chi connectivity index (χ2v) is 11.6. The lowest BCUT2D eigenvalue weighted by Crippen LogP contribution is -2.14. The summed E-state index contributed by atoms with van der Waals surface area (Å²) in [5, 5.41) is 0. The third-order valence-corrected chi connectivity index (χ3v) is 9.77. The zero-order valence-electron chi connectivity index (χ0n) is 18.1. The Kier molecular flexibility index (Phi) is 5.69. The van der Waals surface area contributed by atoms with Gasteiger partial charge in [0.05, 0.1) is 19.6 Å². The van der Waals surface area contributed by atoms with Gasteiger partial charge in [-0.05, 0) is 88.1 Å². The molecule has 0 amide bonds. The van der Waals surface area contributed by atoms with Gasteiger partial charge < -0.3 is 0 Å². The van der Waals surface area contributed by atoms with Gasteiger partial charge in [-0.2, -0.15) is 0 Å². The minimum absolute atomic E-state index is 0.184. The highest BCUT2D eigenvalue weighted by molar-refractivity contribution is 7.92. The Bertz CT molecular complexity index is 1200. The van der Waals surface area contributed by atoms with E-state index >= 15 is 0 Å². The van der Waals surface area contributed by atoms with Crippen molar-refractivity contribution in [1.29, 1.82) is 0 Å². The average molecular weight is 443 g/mol. The monoisotopic (exact) mass is 442 g/mol. The minimum atomic E-state index is -3.79. The molecule has 0 bridgehead atoms. The van der Waals surface area contributed by atoms with Crippen molar-refractivity contribution in [3.63, 3.8) is 0 Å². The Labute approximate surface area is 179 Å². The summed E-state index contributed by atoms with van der Waals surface area (Å²) in [6, 6.07) is 13.4. The van der Waals surface area contributed by atoms with Crippen LogP contribution in [0.5, 0.6) is 0 Å². The Balaban J connectivity index is 2.30. The van der Waals surface area contributed by atoms with Crippen LogP contribution in [0.3, 0.4) is 0 Å². The Hall–Kier alpha value is -2.44. The first-order valence-electron chi connectivity index (χ1n) is 9.63. The van der Waals surface area contributed by atoms with E-state index in [-0.39, 0.29) is 19.6 Å². The van der Waals surface area contributed by atoms with E-state index in [0.29, 0.717) is 22.3 Å². The summed E-state index contributed by atoms with van der Waals surface area (Å²) in [5.74, 6) is 0. The molecule has 0 atom stereocenters. The highest BCUT2D eigenvalue weighted by atomic mass is 32.2. The van der Waals surface area contributed by atoms with Crippen LogP contribution < -0.4 is 0 Å². The molecular formula is C24H26O4S2. The maximum Gasteiger partial charge on any atom is 0.207 e. The largest absolute Gasteiger partial charge is 0.218 e. The molecule has 3 rings (SSSR count). The van der Waals surface area contributed by atoms with Crippen molar-refractivity contribution < 1.29 is 16.8 Å². The summed E-state index contributed by atoms with van der Waals surface area (Å²) in [6.07, 6.45) is 0. The molecular weight excluding hydrogens is 416 g/mol. The van der Waals surface area contributed by atoms with Gasteiger partial charge in [-0.25, -0.2) is 16.8 Å². The van der Waals surface area contributed by atoms with Gasteiger partial charge in [0.1, 0.15) is 0 Å². The molecule has 0 saturated carbocycles. The molecule has 0 N–H and O–H groups in total. The van der Waals surface area contributed by atoms with Crippen molar-refractivity contribution in [2.75, 3.05) is 0 Å². The maximum absolute atomic E-state index is 13.4. The fourth-order valence-electron chi connectivity index (χ4n) is 3.72. The fraction of sp³-hybridized carbons (Fsp3) is 0.250. The van der Waals surface area contributed by atoms with Crippen LogP contribution in [0.25, 0.3) is 0 Å². The van der Waals surface area contributed by atoms with Crippen LogP contribution in [0.1, 0.15) is 33.4 Å². The first-order chi connectivity index (χ1) is 13.9. The molecule has 0 aromatic heterocycles. The molecule has 0 unspecified atom stereocenters. The molecule has 4 nitrogen and oxygen atoms in total. The van der Waals surface area contributed by atoms with Gasteiger partial charge in [0.25, 0.3) is 0 Å². The van der Waals surface area contributed by atoms with Gasteiger partial charge >= 0.3 is 0 Å². The molecule has 3 aromatic carbocycles. The second kappa shape index (κ2) is 7.67. The second-order valence-electron chi connectivity index (χ2n) is 7.79. The van der Waals surface area contributed by atoms with E-state index in [0.717, 1.165) is 11.1 Å². The van der Waals surface area contributed by atoms with Crippen LogP contribution in [0.15, 0.2) is 68.1 Å². The van der Waals surface area contributed by atoms with E-state index in [2.05, 4.69) is 0 Å². The van der Waals surface area contributed by atoms with Gasteiger partial charge in [-0.1, -0.05) is 35.4 Å². The molecule has 0 fully saturated rings. The van der Waals surface area contributed by atoms with Crippen molar-refractivity contribution in [3.05, 3.63) is 81.9 Å². The average Bonchev–Trinajstić information content (AvgIpc) is 2.67. The smallest absolute Gasteiger partial charge is 0.207 e. The third kappa shape index (κ3) is 3.59. The van der Waals surface area contributed by atoms with Gasteiger partial charge in [-0.15, -0.1) is 0 Å². The first-order valence-corrected chi connectivity index (χ1v) is 12.6. The molecule has 0 heterocycles. The molecule has 0 radical (unpaired) electrons. The zero-order chi connectivity index (χ0) is 22.4. The third-order valence-electron chi connectivity index (χ3n) is 5.69. The van der Waals surface area contributed by atoms with Crippen molar-refractivity contribution in [3.8, 4) is 0 Å². The predicted molar refractivity (Wildman–Crippen MR) is 119 cm³/mol. The number of hydrogen-bond acceptors (Lipinski definition) is 4. The topological polar surface area (TPSA) is 68.3 Å². The van der Waals surface area contributed by atoms with Crippen LogP contribution in [-0.2, 0) is 19.7 Å². The lowest BCUT2D eigenvalue weighted by atomic mass is 10.0. The standard InChI is InChI=1S/C24H26O4S2/c1-15-7-11-21(12-8-15)29(25,26)23-17(3)19(5)24(20(6)18(23)4)30(27,28)22-13-9-16(2)10-14-22/h7-14H,1-6H3. The summed E-state index contributed by atoms with van der Waals surface area (Å²) in [7, 11) is -7.58. The van der Waals surface area contributed by atoms with Crippen LogP contribution >= 0.6 is 0 Å². The van der Waals surface area contributed by atoms with E-state index in [1.807, 2.05) is 13.8 Å². The predicted octanol–water partition coefficient (Wildman–Crippen LogP) is 5.20. The lowest BCUT2D eigenvalue weighted by Gasteiger charge is -2.21. The summed E-state index contributed by atoms with van der Waals surface area (Å²) in [6.45, 7) is 10.5. The molecule has 3 aromatic rings. The summed E-state index contributed by atoms with van der Waals surface area (Å²) >= 11 is 0. The van der Waals surface area contributed by atoms with Crippen molar-refractivity contribution in [2.45, 2.75) is 61.1 Å². The molecule has 0 aliphatic rings. The number of hydrogen-bond donors (Lipinski definition) is 0. The number of rotatable bonds is 4. The lowest BCUT2D eigenvalue weighted by molar-refractivity contribution is 0.589. The molecule has 30 heavy (non-hydrogen) atoms. The van der Waals surface area contributed by atoms with Crippen LogP contribution in [0, 0.1) is 41.5 Å². The van der Waals surface area contributed by atoms with E-state index in [9.17, 15) is 16.8 Å². The Morgan fingerprint density at radius 2 is 0.667 bits per heavy atom. The number of sulfone groups is 2. The van der Waals surface area contributed by atoms with Gasteiger partial charge in [-0.3, -0.25) is 0 Å². The van der Waals surface area contributed by atoms with Crippen LogP contribution in [-0.4, -0.2) is 16.8 Å². The minimum Gasteiger partial charge on any atom is -0.218 e. The molecule has 0 aliphatic carbocycles. The summed E-state index contributed by atoms with van der Waals surface area (Å²) in [4.78, 5) is 0.771. The van der Waals surface area contributed by atoms with Crippen molar-refractivity contribution >= 4 is 19.7 Å². The molecule has 0 aliphatic heterocycles. The first kappa shape index (κ1) is 22.2. The SMILES string of the molecule is Cc1ccc(S(=O)(=O)c2c(C)c(C)c(S(=O)(=O)c3ccc(C)cc3)c(C)c2C)cc1. The van der Waals surface area contributed by atoms with Crippen molar-refractivity contribution in [2.24, 2.45) is 0 Å². The highest BCUT2D eigenvalue weighted by Crippen LogP contribution is 2.37. The van der Waals surface area contributed by atoms with E-state index in [4.69, 9.17) is 0 Å². The molecule has 158 valence electrons. The van der Waals surface area contributed by atoms with Crippen LogP contribution in [0.4, 0.5) is 0 Å². The van der Waals surface area contributed by atoms with Gasteiger partial charge in [0.2, 0.25) is 19.7 Å². The normalized spacial score (nSPS) is 12.2. The number of benzene rings is 3. The molecule has 0 spiro atoms. The van der Waals surface area contributed by atoms with Gasteiger partial charge in [0.15, 0.2) is 0 Å². The van der Waals surface area contributed by atoms with E-state index in [1.54, 1.807) is 76.2 Å². The maximum atomic E-state index is 13.4. The fourth-order valence-corrected chi connectivity index (χ4v) is 7.41. The van der Waals surface area contributed by atoms with E-state index < -0.39 is 19.7 Å². The Morgan fingerprint density at radius 3 is 0.900 bits per heavy atom. The van der Waals surface area contributed by atoms with Crippen molar-refractivity contribution in [1.82, 2.24) is 0 Å².